The molecular weight excluding hydrogens is 336 g/mol. The second kappa shape index (κ2) is 9.07. The van der Waals surface area contributed by atoms with Crippen LogP contribution in [-0.2, 0) is 16.1 Å². The minimum absolute atomic E-state index is 0.0583. The molecule has 0 radical (unpaired) electrons. The molecular formula is C18H30N4O2S. The van der Waals surface area contributed by atoms with Crippen LogP contribution in [0.15, 0.2) is 5.38 Å². The Morgan fingerprint density at radius 1 is 1.32 bits per heavy atom. The summed E-state index contributed by atoms with van der Waals surface area (Å²) in [5, 5.41) is 2.91. The zero-order valence-electron chi connectivity index (χ0n) is 15.4. The molecule has 1 amide bonds. The lowest BCUT2D eigenvalue weighted by Gasteiger charge is -2.23. The Balaban J connectivity index is 1.50. The summed E-state index contributed by atoms with van der Waals surface area (Å²) in [7, 11) is 0. The minimum Gasteiger partial charge on any atom is -0.377 e. The standard InChI is InChI=1S/C18H30N4O2S/c1-3-22(15(2)23)18-19-16(14-25-18)12-20-7-5-8-21(10-9-20)13-17-6-4-11-24-17/h14,17H,3-13H2,1-2H3. The van der Waals surface area contributed by atoms with Gasteiger partial charge in [0.2, 0.25) is 5.91 Å². The molecule has 140 valence electrons. The second-order valence-corrected chi connectivity index (χ2v) is 7.79. The van der Waals surface area contributed by atoms with Gasteiger partial charge in [-0.15, -0.1) is 11.3 Å². The number of hydrogen-bond donors (Lipinski definition) is 0. The Labute approximate surface area is 154 Å². The zero-order valence-corrected chi connectivity index (χ0v) is 16.3. The lowest BCUT2D eigenvalue weighted by atomic mass is 10.2. The van der Waals surface area contributed by atoms with Gasteiger partial charge in [-0.2, -0.15) is 0 Å². The topological polar surface area (TPSA) is 48.9 Å². The lowest BCUT2D eigenvalue weighted by molar-refractivity contribution is -0.116. The van der Waals surface area contributed by atoms with Crippen molar-refractivity contribution in [2.45, 2.75) is 45.8 Å². The van der Waals surface area contributed by atoms with E-state index < -0.39 is 0 Å². The smallest absolute Gasteiger partial charge is 0.225 e. The average molecular weight is 367 g/mol. The Morgan fingerprint density at radius 2 is 2.12 bits per heavy atom. The molecule has 1 aromatic rings. The van der Waals surface area contributed by atoms with E-state index in [1.165, 1.54) is 19.3 Å². The Bertz CT molecular complexity index is 559. The molecule has 0 aromatic carbocycles. The van der Waals surface area contributed by atoms with Crippen LogP contribution >= 0.6 is 11.3 Å². The van der Waals surface area contributed by atoms with Crippen LogP contribution in [0.1, 0.15) is 38.8 Å². The molecule has 25 heavy (non-hydrogen) atoms. The predicted octanol–water partition coefficient (Wildman–Crippen LogP) is 2.20. The van der Waals surface area contributed by atoms with Gasteiger partial charge in [0.15, 0.2) is 5.13 Å². The van der Waals surface area contributed by atoms with E-state index in [4.69, 9.17) is 4.74 Å². The molecule has 6 nitrogen and oxygen atoms in total. The van der Waals surface area contributed by atoms with Crippen LogP contribution in [0.5, 0.6) is 0 Å². The van der Waals surface area contributed by atoms with Crippen LogP contribution in [0.3, 0.4) is 0 Å². The van der Waals surface area contributed by atoms with Gasteiger partial charge < -0.3 is 4.74 Å². The summed E-state index contributed by atoms with van der Waals surface area (Å²) in [6.45, 7) is 11.6. The highest BCUT2D eigenvalue weighted by Gasteiger charge is 2.22. The minimum atomic E-state index is 0.0583. The number of anilines is 1. The zero-order chi connectivity index (χ0) is 17.6. The van der Waals surface area contributed by atoms with Gasteiger partial charge in [-0.1, -0.05) is 0 Å². The molecule has 1 unspecified atom stereocenters. The molecule has 0 bridgehead atoms. The van der Waals surface area contributed by atoms with E-state index in [-0.39, 0.29) is 5.91 Å². The van der Waals surface area contributed by atoms with E-state index in [0.29, 0.717) is 12.6 Å². The van der Waals surface area contributed by atoms with E-state index in [2.05, 4.69) is 20.2 Å². The molecule has 1 atom stereocenters. The Morgan fingerprint density at radius 3 is 2.84 bits per heavy atom. The SMILES string of the molecule is CCN(C(C)=O)c1nc(CN2CCCN(CC3CCCO3)CC2)cs1. The average Bonchev–Trinajstić information content (AvgIpc) is 3.19. The van der Waals surface area contributed by atoms with Gasteiger partial charge >= 0.3 is 0 Å². The van der Waals surface area contributed by atoms with Crippen molar-refractivity contribution in [3.8, 4) is 0 Å². The summed E-state index contributed by atoms with van der Waals surface area (Å²) in [6.07, 6.45) is 4.06. The van der Waals surface area contributed by atoms with E-state index in [0.717, 1.165) is 56.7 Å². The number of carbonyl (C=O) groups excluding carboxylic acids is 1. The molecule has 2 aliphatic heterocycles. The summed E-state index contributed by atoms with van der Waals surface area (Å²) in [5.74, 6) is 0.0583. The molecule has 0 N–H and O–H groups in total. The van der Waals surface area contributed by atoms with Crippen LogP contribution in [-0.4, -0.2) is 72.7 Å². The van der Waals surface area contributed by atoms with Crippen LogP contribution in [0.2, 0.25) is 0 Å². The third-order valence-corrected chi connectivity index (χ3v) is 5.93. The lowest BCUT2D eigenvalue weighted by Crippen LogP contribution is -2.35. The van der Waals surface area contributed by atoms with Gasteiger partial charge in [0.1, 0.15) is 0 Å². The first-order chi connectivity index (χ1) is 12.2. The molecule has 7 heteroatoms. The van der Waals surface area contributed by atoms with Gasteiger partial charge in [0.05, 0.1) is 11.8 Å². The normalized spacial score (nSPS) is 22.9. The van der Waals surface area contributed by atoms with Crippen molar-refractivity contribution in [1.82, 2.24) is 14.8 Å². The van der Waals surface area contributed by atoms with Gasteiger partial charge in [-0.05, 0) is 39.3 Å². The maximum Gasteiger partial charge on any atom is 0.225 e. The van der Waals surface area contributed by atoms with Crippen LogP contribution in [0, 0.1) is 0 Å². The van der Waals surface area contributed by atoms with Crippen molar-refractivity contribution >= 4 is 22.4 Å². The highest BCUT2D eigenvalue weighted by Crippen LogP contribution is 2.22. The molecule has 3 rings (SSSR count). The maximum atomic E-state index is 11.7. The Hall–Kier alpha value is -1.02. The maximum absolute atomic E-state index is 11.7. The van der Waals surface area contributed by atoms with E-state index in [1.54, 1.807) is 23.2 Å². The van der Waals surface area contributed by atoms with Crippen molar-refractivity contribution in [2.24, 2.45) is 0 Å². The van der Waals surface area contributed by atoms with E-state index in [1.807, 2.05) is 6.92 Å². The largest absolute Gasteiger partial charge is 0.377 e. The molecule has 0 spiro atoms. The second-order valence-electron chi connectivity index (χ2n) is 6.95. The molecule has 2 fully saturated rings. The number of nitrogens with zero attached hydrogens (tertiary/aromatic N) is 4. The van der Waals surface area contributed by atoms with E-state index in [9.17, 15) is 4.79 Å². The number of ether oxygens (including phenoxy) is 1. The van der Waals surface area contributed by atoms with Crippen molar-refractivity contribution in [1.29, 1.82) is 0 Å². The fraction of sp³-hybridized carbons (Fsp3) is 0.778. The third-order valence-electron chi connectivity index (χ3n) is 5.02. The monoisotopic (exact) mass is 366 g/mol. The molecule has 0 aliphatic carbocycles. The van der Waals surface area contributed by atoms with Crippen molar-refractivity contribution in [3.63, 3.8) is 0 Å². The number of carbonyl (C=O) groups is 1. The first-order valence-corrected chi connectivity index (χ1v) is 10.3. The summed E-state index contributed by atoms with van der Waals surface area (Å²) in [5.41, 5.74) is 1.08. The van der Waals surface area contributed by atoms with Crippen molar-refractivity contribution < 1.29 is 9.53 Å². The van der Waals surface area contributed by atoms with Crippen molar-refractivity contribution in [2.75, 3.05) is 50.8 Å². The summed E-state index contributed by atoms with van der Waals surface area (Å²) < 4.78 is 5.78. The highest BCUT2D eigenvalue weighted by atomic mass is 32.1. The fourth-order valence-electron chi connectivity index (χ4n) is 3.66. The number of hydrogen-bond acceptors (Lipinski definition) is 6. The fourth-order valence-corrected chi connectivity index (χ4v) is 4.58. The van der Waals surface area contributed by atoms with E-state index >= 15 is 0 Å². The number of rotatable bonds is 6. The summed E-state index contributed by atoms with van der Waals surface area (Å²) >= 11 is 1.57. The molecule has 2 saturated heterocycles. The van der Waals surface area contributed by atoms with Gasteiger partial charge in [0.25, 0.3) is 0 Å². The summed E-state index contributed by atoms with van der Waals surface area (Å²) in [4.78, 5) is 23.1. The van der Waals surface area contributed by atoms with Crippen LogP contribution < -0.4 is 4.90 Å². The molecule has 1 aromatic heterocycles. The summed E-state index contributed by atoms with van der Waals surface area (Å²) in [6, 6.07) is 0. The number of aromatic nitrogens is 1. The van der Waals surface area contributed by atoms with Crippen LogP contribution in [0.25, 0.3) is 0 Å². The Kier molecular flexibility index (Phi) is 6.81. The molecule has 3 heterocycles. The number of amides is 1. The molecule has 2 aliphatic rings. The van der Waals surface area contributed by atoms with Crippen LogP contribution in [0.4, 0.5) is 5.13 Å². The van der Waals surface area contributed by atoms with Crippen molar-refractivity contribution in [3.05, 3.63) is 11.1 Å². The number of thiazole rings is 1. The highest BCUT2D eigenvalue weighted by molar-refractivity contribution is 7.14. The third kappa shape index (κ3) is 5.23. The van der Waals surface area contributed by atoms with Gasteiger partial charge in [0, 0.05) is 51.6 Å². The van der Waals surface area contributed by atoms with Gasteiger partial charge in [-0.3, -0.25) is 19.5 Å². The predicted molar refractivity (Wildman–Crippen MR) is 101 cm³/mol. The quantitative estimate of drug-likeness (QED) is 0.772. The first-order valence-electron chi connectivity index (χ1n) is 9.44. The van der Waals surface area contributed by atoms with Gasteiger partial charge in [-0.25, -0.2) is 4.98 Å². The first kappa shape index (κ1) is 18.8. The molecule has 0 saturated carbocycles.